The monoisotopic (exact) mass is 548 g/mol. The van der Waals surface area contributed by atoms with Crippen LogP contribution in [-0.2, 0) is 35.3 Å². The molecule has 0 unspecified atom stereocenters. The van der Waals surface area contributed by atoms with Crippen molar-refractivity contribution in [2.24, 2.45) is 0 Å². The number of ether oxygens (including phenoxy) is 2. The molecule has 0 bridgehead atoms. The van der Waals surface area contributed by atoms with Crippen molar-refractivity contribution in [2.75, 3.05) is 19.8 Å². The number of hydrogen-bond donors (Lipinski definition) is 1. The summed E-state index contributed by atoms with van der Waals surface area (Å²) in [5.41, 5.74) is 3.77. The molecule has 1 N–H and O–H groups in total. The van der Waals surface area contributed by atoms with Gasteiger partial charge in [-0.15, -0.1) is 11.3 Å². The van der Waals surface area contributed by atoms with E-state index in [0.717, 1.165) is 45.2 Å². The van der Waals surface area contributed by atoms with Gasteiger partial charge in [0.1, 0.15) is 11.5 Å². The lowest BCUT2D eigenvalue weighted by Crippen LogP contribution is -2.37. The molecule has 0 spiro atoms. The predicted octanol–water partition coefficient (Wildman–Crippen LogP) is 6.41. The number of benzene rings is 2. The lowest BCUT2D eigenvalue weighted by atomic mass is 9.92. The number of fused-ring (bicyclic) bond motifs is 2. The summed E-state index contributed by atoms with van der Waals surface area (Å²) in [4.78, 5) is 31.2. The van der Waals surface area contributed by atoms with Gasteiger partial charge in [0, 0.05) is 36.2 Å². The fourth-order valence-electron chi connectivity index (χ4n) is 4.87. The highest BCUT2D eigenvalue weighted by Gasteiger charge is 2.26. The number of thiophene rings is 1. The average Bonchev–Trinajstić information content (AvgIpc) is 3.54. The summed E-state index contributed by atoms with van der Waals surface area (Å²) in [6.07, 6.45) is 2.05. The Bertz CT molecular complexity index is 1460. The molecule has 3 heterocycles. The summed E-state index contributed by atoms with van der Waals surface area (Å²) in [5.74, 6) is 1.31. The summed E-state index contributed by atoms with van der Waals surface area (Å²) in [7, 11) is 0. The zero-order chi connectivity index (χ0) is 27.4. The molecule has 0 radical (unpaired) electrons. The van der Waals surface area contributed by atoms with E-state index in [1.54, 1.807) is 16.2 Å². The van der Waals surface area contributed by atoms with Gasteiger partial charge in [0.2, 0.25) is 5.89 Å². The molecule has 1 amide bonds. The van der Waals surface area contributed by atoms with Crippen molar-refractivity contribution < 1.29 is 28.6 Å². The zero-order valence-corrected chi connectivity index (χ0v) is 23.0. The van der Waals surface area contributed by atoms with E-state index in [-0.39, 0.29) is 12.5 Å². The summed E-state index contributed by atoms with van der Waals surface area (Å²) in [6, 6.07) is 14.2. The second-order valence-corrected chi connectivity index (χ2v) is 10.7. The van der Waals surface area contributed by atoms with Crippen molar-refractivity contribution in [1.82, 2.24) is 9.88 Å². The maximum atomic E-state index is 12.5. The van der Waals surface area contributed by atoms with E-state index in [9.17, 15) is 14.7 Å². The van der Waals surface area contributed by atoms with E-state index in [4.69, 9.17) is 18.9 Å². The van der Waals surface area contributed by atoms with Crippen LogP contribution in [-0.4, -0.2) is 46.8 Å². The lowest BCUT2D eigenvalue weighted by molar-refractivity contribution is -0.136. The smallest absolute Gasteiger partial charge is 0.410 e. The first-order chi connectivity index (χ1) is 18.9. The van der Waals surface area contributed by atoms with Crippen molar-refractivity contribution in [1.29, 1.82) is 0 Å². The molecule has 0 fully saturated rings. The summed E-state index contributed by atoms with van der Waals surface area (Å²) in [6.45, 7) is 5.58. The van der Waals surface area contributed by atoms with E-state index in [1.807, 2.05) is 38.1 Å². The van der Waals surface area contributed by atoms with Gasteiger partial charge < -0.3 is 23.9 Å². The van der Waals surface area contributed by atoms with Gasteiger partial charge in [-0.3, -0.25) is 4.79 Å². The molecule has 2 aromatic carbocycles. The highest BCUT2D eigenvalue weighted by Crippen LogP contribution is 2.35. The highest BCUT2D eigenvalue weighted by molar-refractivity contribution is 7.22. The Morgan fingerprint density at radius 1 is 1.13 bits per heavy atom. The molecule has 9 heteroatoms. The van der Waals surface area contributed by atoms with Crippen LogP contribution < -0.4 is 4.74 Å². The minimum Gasteiger partial charge on any atom is -0.493 e. The molecule has 8 nitrogen and oxygen atoms in total. The van der Waals surface area contributed by atoms with Crippen LogP contribution in [0.3, 0.4) is 0 Å². The summed E-state index contributed by atoms with van der Waals surface area (Å²) < 4.78 is 18.8. The van der Waals surface area contributed by atoms with E-state index in [0.29, 0.717) is 51.5 Å². The number of nitrogens with zero attached hydrogens (tertiary/aromatic N) is 2. The molecular formula is C30H32N2O6S. The number of aromatic nitrogens is 1. The second-order valence-electron chi connectivity index (χ2n) is 9.63. The quantitative estimate of drug-likeness (QED) is 0.244. The van der Waals surface area contributed by atoms with Gasteiger partial charge in [0.15, 0.2) is 0 Å². The topological polar surface area (TPSA) is 102 Å². The van der Waals surface area contributed by atoms with Crippen LogP contribution in [0.1, 0.15) is 47.9 Å². The number of aliphatic carboxylic acids is 1. The van der Waals surface area contributed by atoms with Crippen LogP contribution in [0.25, 0.3) is 20.9 Å². The molecule has 0 saturated heterocycles. The van der Waals surface area contributed by atoms with Crippen molar-refractivity contribution >= 4 is 33.5 Å². The molecule has 5 rings (SSSR count). The van der Waals surface area contributed by atoms with E-state index in [2.05, 4.69) is 18.2 Å². The molecule has 4 aromatic rings. The lowest BCUT2D eigenvalue weighted by Gasteiger charge is -2.31. The predicted molar refractivity (Wildman–Crippen MR) is 149 cm³/mol. The number of rotatable bonds is 10. The number of amides is 1. The van der Waals surface area contributed by atoms with Gasteiger partial charge in [-0.2, -0.15) is 0 Å². The van der Waals surface area contributed by atoms with Crippen LogP contribution in [0.15, 0.2) is 46.9 Å². The normalized spacial score (nSPS) is 12.9. The Labute approximate surface area is 231 Å². The molecular weight excluding hydrogens is 516 g/mol. The third kappa shape index (κ3) is 6.09. The highest BCUT2D eigenvalue weighted by atomic mass is 32.1. The van der Waals surface area contributed by atoms with Crippen LogP contribution in [0.5, 0.6) is 5.75 Å². The molecule has 2 aromatic heterocycles. The SMILES string of the molecule is CCCOC(=O)N1CCc2c(OCCc3nc(-c4cc5ccccc5s4)oc3C)ccc(CCC(=O)O)c2C1. The molecule has 0 saturated carbocycles. The van der Waals surface area contributed by atoms with Crippen LogP contribution in [0.2, 0.25) is 0 Å². The number of hydrogen-bond acceptors (Lipinski definition) is 7. The van der Waals surface area contributed by atoms with Crippen LogP contribution >= 0.6 is 11.3 Å². The van der Waals surface area contributed by atoms with Gasteiger partial charge in [-0.1, -0.05) is 31.2 Å². The summed E-state index contributed by atoms with van der Waals surface area (Å²) >= 11 is 1.66. The maximum Gasteiger partial charge on any atom is 0.410 e. The Balaban J connectivity index is 1.29. The van der Waals surface area contributed by atoms with Gasteiger partial charge in [0.25, 0.3) is 0 Å². The minimum absolute atomic E-state index is 0.0283. The fourth-order valence-corrected chi connectivity index (χ4v) is 5.85. The van der Waals surface area contributed by atoms with Crippen molar-refractivity contribution in [2.45, 2.75) is 52.5 Å². The molecule has 1 aliphatic heterocycles. The van der Waals surface area contributed by atoms with Crippen molar-refractivity contribution in [3.8, 4) is 16.5 Å². The van der Waals surface area contributed by atoms with E-state index in [1.165, 1.54) is 10.1 Å². The van der Waals surface area contributed by atoms with Gasteiger partial charge in [-0.05, 0) is 60.9 Å². The molecule has 0 aliphatic carbocycles. The van der Waals surface area contributed by atoms with Crippen molar-refractivity contribution in [3.05, 3.63) is 70.6 Å². The first-order valence-electron chi connectivity index (χ1n) is 13.3. The number of carbonyl (C=O) groups excluding carboxylic acids is 1. The Morgan fingerprint density at radius 3 is 2.77 bits per heavy atom. The van der Waals surface area contributed by atoms with Crippen LogP contribution in [0, 0.1) is 6.92 Å². The van der Waals surface area contributed by atoms with Gasteiger partial charge in [-0.25, -0.2) is 9.78 Å². The number of carboxylic acid groups (broad SMARTS) is 1. The minimum atomic E-state index is -0.850. The first kappa shape index (κ1) is 26.7. The third-order valence-corrected chi connectivity index (χ3v) is 7.99. The van der Waals surface area contributed by atoms with E-state index >= 15 is 0 Å². The molecule has 39 heavy (non-hydrogen) atoms. The Kier molecular flexibility index (Phi) is 8.16. The molecule has 0 atom stereocenters. The number of carboxylic acids is 1. The standard InChI is InChI=1S/C30H32N2O6S/c1-3-15-37-30(35)32-14-12-22-23(18-32)20(9-11-28(33)34)8-10-25(22)36-16-13-24-19(2)38-29(31-24)27-17-21-6-4-5-7-26(21)39-27/h4-8,10,17H,3,9,11-16,18H2,1-2H3,(H,33,34). The number of aryl methyl sites for hydroxylation is 2. The Hall–Kier alpha value is -3.85. The number of carbonyl (C=O) groups is 2. The van der Waals surface area contributed by atoms with Gasteiger partial charge in [0.05, 0.1) is 23.8 Å². The average molecular weight is 549 g/mol. The Morgan fingerprint density at radius 2 is 1.97 bits per heavy atom. The zero-order valence-electron chi connectivity index (χ0n) is 22.2. The fraction of sp³-hybridized carbons (Fsp3) is 0.367. The van der Waals surface area contributed by atoms with Gasteiger partial charge >= 0.3 is 12.1 Å². The molecule has 1 aliphatic rings. The molecule has 204 valence electrons. The first-order valence-corrected chi connectivity index (χ1v) is 14.1. The van der Waals surface area contributed by atoms with E-state index < -0.39 is 5.97 Å². The number of oxazole rings is 1. The van der Waals surface area contributed by atoms with Crippen molar-refractivity contribution in [3.63, 3.8) is 0 Å². The second kappa shape index (κ2) is 11.9. The van der Waals surface area contributed by atoms with Crippen LogP contribution in [0.4, 0.5) is 4.79 Å². The third-order valence-electron chi connectivity index (χ3n) is 6.89. The largest absolute Gasteiger partial charge is 0.493 e. The maximum absolute atomic E-state index is 12.5. The summed E-state index contributed by atoms with van der Waals surface area (Å²) in [5, 5.41) is 10.4.